The Kier molecular flexibility index (Phi) is 9.82. The number of amides is 1. The summed E-state index contributed by atoms with van der Waals surface area (Å²) in [7, 11) is 4.92. The Morgan fingerprint density at radius 3 is 1.65 bits per heavy atom. The van der Waals surface area contributed by atoms with E-state index in [1.165, 1.54) is 0 Å². The van der Waals surface area contributed by atoms with Crippen LogP contribution in [0, 0.1) is 5.41 Å². The van der Waals surface area contributed by atoms with Crippen molar-refractivity contribution in [2.24, 2.45) is 5.41 Å². The fraction of sp³-hybridized carbons (Fsp3) is 0.324. The number of rotatable bonds is 13. The van der Waals surface area contributed by atoms with E-state index in [1.807, 2.05) is 68.4 Å². The molecule has 0 fully saturated rings. The lowest BCUT2D eigenvalue weighted by Crippen LogP contribution is -2.47. The number of methoxy groups -OCH3 is 3. The molecule has 0 saturated heterocycles. The number of hydrogen-bond acceptors (Lipinski definition) is 5. The molecule has 0 aromatic heterocycles. The molecule has 226 valence electrons. The Morgan fingerprint density at radius 1 is 0.628 bits per heavy atom. The van der Waals surface area contributed by atoms with Crippen LogP contribution in [-0.4, -0.2) is 39.4 Å². The predicted molar refractivity (Wildman–Crippen MR) is 171 cm³/mol. The molecule has 0 atom stereocenters. The maximum absolute atomic E-state index is 13.2. The molecule has 0 heterocycles. The van der Waals surface area contributed by atoms with Crippen molar-refractivity contribution in [3.63, 3.8) is 0 Å². The van der Waals surface area contributed by atoms with Gasteiger partial charge in [-0.2, -0.15) is 0 Å². The van der Waals surface area contributed by atoms with Gasteiger partial charge in [0.05, 0.1) is 27.9 Å². The van der Waals surface area contributed by atoms with Crippen LogP contribution in [-0.2, 0) is 10.3 Å². The zero-order valence-corrected chi connectivity index (χ0v) is 26.3. The Bertz CT molecular complexity index is 1430. The molecule has 0 radical (unpaired) electrons. The standard InChI is InChI=1S/C37H43NO5/c1-35(2,25-36(3,4)38-34(39)27-12-11-15-33(24-27)42-7)26-43-37(28-13-9-8-10-14-28,29-16-20-31(40-5)21-17-29)30-18-22-32(41-6)23-19-30/h8-24H,25-26H2,1-7H3,(H,38,39). The average molecular weight is 582 g/mol. The van der Waals surface area contributed by atoms with E-state index in [0.29, 0.717) is 24.3 Å². The van der Waals surface area contributed by atoms with E-state index < -0.39 is 11.1 Å². The number of ether oxygens (including phenoxy) is 4. The van der Waals surface area contributed by atoms with Crippen LogP contribution < -0.4 is 19.5 Å². The average Bonchev–Trinajstić information content (AvgIpc) is 3.01. The number of benzene rings is 4. The van der Waals surface area contributed by atoms with E-state index >= 15 is 0 Å². The largest absolute Gasteiger partial charge is 0.497 e. The van der Waals surface area contributed by atoms with Gasteiger partial charge in [-0.1, -0.05) is 74.5 Å². The SMILES string of the molecule is COc1ccc(C(OCC(C)(C)CC(C)(C)NC(=O)c2cccc(OC)c2)(c2ccccc2)c2ccc(OC)cc2)cc1. The summed E-state index contributed by atoms with van der Waals surface area (Å²) in [5.74, 6) is 2.05. The maximum atomic E-state index is 13.2. The minimum atomic E-state index is -0.912. The minimum Gasteiger partial charge on any atom is -0.497 e. The normalized spacial score (nSPS) is 12.0. The molecule has 0 saturated carbocycles. The summed E-state index contributed by atoms with van der Waals surface area (Å²) in [5.41, 5.74) is 1.78. The second kappa shape index (κ2) is 13.3. The summed E-state index contributed by atoms with van der Waals surface area (Å²) in [5, 5.41) is 3.22. The summed E-state index contributed by atoms with van der Waals surface area (Å²) in [6, 6.07) is 33.5. The van der Waals surface area contributed by atoms with Crippen LogP contribution >= 0.6 is 0 Å². The second-order valence-electron chi connectivity index (χ2n) is 12.2. The topological polar surface area (TPSA) is 66.0 Å². The van der Waals surface area contributed by atoms with Gasteiger partial charge in [-0.15, -0.1) is 0 Å². The zero-order valence-electron chi connectivity index (χ0n) is 26.3. The Balaban J connectivity index is 1.67. The molecular formula is C37H43NO5. The summed E-state index contributed by atoms with van der Waals surface area (Å²) in [6.45, 7) is 8.85. The fourth-order valence-electron chi connectivity index (χ4n) is 5.81. The monoisotopic (exact) mass is 581 g/mol. The molecule has 0 aliphatic rings. The summed E-state index contributed by atoms with van der Waals surface area (Å²) in [4.78, 5) is 13.2. The van der Waals surface area contributed by atoms with E-state index in [9.17, 15) is 4.79 Å². The Morgan fingerprint density at radius 2 is 1.14 bits per heavy atom. The third-order valence-corrected chi connectivity index (χ3v) is 7.56. The first-order valence-corrected chi connectivity index (χ1v) is 14.5. The van der Waals surface area contributed by atoms with Crippen molar-refractivity contribution >= 4 is 5.91 Å². The predicted octanol–water partition coefficient (Wildman–Crippen LogP) is 7.65. The smallest absolute Gasteiger partial charge is 0.251 e. The molecule has 4 aromatic carbocycles. The van der Waals surface area contributed by atoms with Gasteiger partial charge in [0.15, 0.2) is 0 Å². The molecule has 1 amide bonds. The highest BCUT2D eigenvalue weighted by Crippen LogP contribution is 2.43. The van der Waals surface area contributed by atoms with Gasteiger partial charge in [-0.3, -0.25) is 4.79 Å². The molecule has 0 aliphatic carbocycles. The lowest BCUT2D eigenvalue weighted by atomic mass is 9.78. The van der Waals surface area contributed by atoms with Crippen LogP contribution in [0.5, 0.6) is 17.2 Å². The first kappa shape index (κ1) is 31.6. The summed E-state index contributed by atoms with van der Waals surface area (Å²) in [6.07, 6.45) is 0.672. The number of nitrogens with one attached hydrogen (secondary N) is 1. The quantitative estimate of drug-likeness (QED) is 0.164. The maximum Gasteiger partial charge on any atom is 0.251 e. The summed E-state index contributed by atoms with van der Waals surface area (Å²) < 4.78 is 23.4. The van der Waals surface area contributed by atoms with Gasteiger partial charge >= 0.3 is 0 Å². The molecule has 0 bridgehead atoms. The highest BCUT2D eigenvalue weighted by Gasteiger charge is 2.40. The second-order valence-corrected chi connectivity index (χ2v) is 12.2. The van der Waals surface area contributed by atoms with Crippen LogP contribution in [0.1, 0.15) is 61.2 Å². The highest BCUT2D eigenvalue weighted by molar-refractivity contribution is 5.95. The van der Waals surface area contributed by atoms with E-state index in [-0.39, 0.29) is 11.3 Å². The van der Waals surface area contributed by atoms with E-state index in [0.717, 1.165) is 28.2 Å². The molecule has 0 unspecified atom stereocenters. The van der Waals surface area contributed by atoms with Crippen molar-refractivity contribution in [1.82, 2.24) is 5.32 Å². The van der Waals surface area contributed by atoms with Gasteiger partial charge in [0.2, 0.25) is 0 Å². The number of carbonyl (C=O) groups is 1. The third-order valence-electron chi connectivity index (χ3n) is 7.56. The van der Waals surface area contributed by atoms with Crippen molar-refractivity contribution in [2.75, 3.05) is 27.9 Å². The van der Waals surface area contributed by atoms with Gasteiger partial charge < -0.3 is 24.3 Å². The third kappa shape index (κ3) is 7.57. The lowest BCUT2D eigenvalue weighted by molar-refractivity contribution is -0.0387. The molecule has 1 N–H and O–H groups in total. The van der Waals surface area contributed by atoms with E-state index in [4.69, 9.17) is 18.9 Å². The van der Waals surface area contributed by atoms with Gasteiger partial charge in [0.25, 0.3) is 5.91 Å². The number of carbonyl (C=O) groups excluding carboxylic acids is 1. The highest BCUT2D eigenvalue weighted by atomic mass is 16.5. The molecular weight excluding hydrogens is 538 g/mol. The Labute approximate surface area is 256 Å². The minimum absolute atomic E-state index is 0.143. The first-order chi connectivity index (χ1) is 20.5. The van der Waals surface area contributed by atoms with Crippen LogP contribution in [0.4, 0.5) is 0 Å². The van der Waals surface area contributed by atoms with Crippen molar-refractivity contribution < 1.29 is 23.7 Å². The van der Waals surface area contributed by atoms with Gasteiger partial charge in [-0.25, -0.2) is 0 Å². The molecule has 0 aliphatic heterocycles. The molecule has 4 aromatic rings. The van der Waals surface area contributed by atoms with Crippen LogP contribution in [0.2, 0.25) is 0 Å². The van der Waals surface area contributed by atoms with Gasteiger partial charge in [-0.05, 0) is 84.8 Å². The molecule has 0 spiro atoms. The number of hydrogen-bond donors (Lipinski definition) is 1. The van der Waals surface area contributed by atoms with Crippen molar-refractivity contribution in [3.8, 4) is 17.2 Å². The molecule has 6 heteroatoms. The van der Waals surface area contributed by atoms with Crippen molar-refractivity contribution in [2.45, 2.75) is 45.3 Å². The van der Waals surface area contributed by atoms with Crippen molar-refractivity contribution in [3.05, 3.63) is 125 Å². The molecule has 6 nitrogen and oxygen atoms in total. The van der Waals surface area contributed by atoms with Crippen LogP contribution in [0.25, 0.3) is 0 Å². The molecule has 43 heavy (non-hydrogen) atoms. The van der Waals surface area contributed by atoms with Crippen molar-refractivity contribution in [1.29, 1.82) is 0 Å². The summed E-state index contributed by atoms with van der Waals surface area (Å²) >= 11 is 0. The fourth-order valence-corrected chi connectivity index (χ4v) is 5.81. The van der Waals surface area contributed by atoms with Crippen LogP contribution in [0.3, 0.4) is 0 Å². The molecule has 4 rings (SSSR count). The van der Waals surface area contributed by atoms with Gasteiger partial charge in [0.1, 0.15) is 22.8 Å². The van der Waals surface area contributed by atoms with E-state index in [1.54, 1.807) is 33.5 Å². The zero-order chi connectivity index (χ0) is 31.1. The van der Waals surface area contributed by atoms with E-state index in [2.05, 4.69) is 55.6 Å². The van der Waals surface area contributed by atoms with Gasteiger partial charge in [0, 0.05) is 11.1 Å². The first-order valence-electron chi connectivity index (χ1n) is 14.5. The van der Waals surface area contributed by atoms with Crippen LogP contribution in [0.15, 0.2) is 103 Å². The Hall–Kier alpha value is -4.29. The lowest BCUT2D eigenvalue weighted by Gasteiger charge is -2.41.